The van der Waals surface area contributed by atoms with Crippen LogP contribution in [0.2, 0.25) is 0 Å². The molecule has 5 rings (SSSR count). The average molecular weight is 424 g/mol. The van der Waals surface area contributed by atoms with Crippen molar-refractivity contribution < 1.29 is 14.2 Å². The third kappa shape index (κ3) is 3.47. The van der Waals surface area contributed by atoms with Crippen molar-refractivity contribution in [1.29, 1.82) is 0 Å². The smallest absolute Gasteiger partial charge is 0.231 e. The second-order valence-corrected chi connectivity index (χ2v) is 8.89. The second kappa shape index (κ2) is 7.80. The molecule has 0 amide bonds. The van der Waals surface area contributed by atoms with Crippen molar-refractivity contribution in [2.45, 2.75) is 30.0 Å². The largest absolute Gasteiger partial charge is 0.497 e. The zero-order valence-corrected chi connectivity index (χ0v) is 18.2. The lowest BCUT2D eigenvalue weighted by Crippen LogP contribution is -2.24. The van der Waals surface area contributed by atoms with Crippen LogP contribution in [-0.4, -0.2) is 30.2 Å². The second-order valence-electron chi connectivity index (χ2n) is 7.64. The number of fused-ring (bicyclic) bond motifs is 2. The molecule has 3 aromatic rings. The zero-order valence-electron chi connectivity index (χ0n) is 17.4. The normalized spacial score (nSPS) is 17.6. The Morgan fingerprint density at radius 2 is 2.03 bits per heavy atom. The lowest BCUT2D eigenvalue weighted by Gasteiger charge is -2.24. The fraction of sp³-hybridized carbons (Fsp3) is 0.348. The number of methoxy groups -OCH3 is 1. The Kier molecular flexibility index (Phi) is 4.98. The Balaban J connectivity index is 1.48. The van der Waals surface area contributed by atoms with Gasteiger partial charge in [-0.3, -0.25) is 4.68 Å². The molecule has 0 bridgehead atoms. The van der Waals surface area contributed by atoms with Crippen LogP contribution in [0.3, 0.4) is 0 Å². The first-order valence-corrected chi connectivity index (χ1v) is 11.0. The molecule has 0 N–H and O–H groups in total. The standard InChI is InChI=1S/C23H25N3O3S/c1-15-17(12-24-25(15)2)13-26-9-8-22(16-4-7-20-21(10-16)29-14-28-20)30-23-11-18(27-3)5-6-19(23)26/h4-7,10-12,22H,8-9,13-14H2,1-3H3/t22-/m0/s1. The first kappa shape index (κ1) is 19.2. The number of aryl methyl sites for hydroxylation is 1. The Morgan fingerprint density at radius 3 is 2.83 bits per heavy atom. The van der Waals surface area contributed by atoms with Crippen LogP contribution < -0.4 is 19.1 Å². The maximum absolute atomic E-state index is 5.61. The van der Waals surface area contributed by atoms with Gasteiger partial charge in [-0.25, -0.2) is 0 Å². The molecule has 2 aromatic carbocycles. The van der Waals surface area contributed by atoms with E-state index in [0.29, 0.717) is 12.0 Å². The zero-order chi connectivity index (χ0) is 20.7. The molecule has 7 heteroatoms. The van der Waals surface area contributed by atoms with Crippen LogP contribution in [0.4, 0.5) is 5.69 Å². The summed E-state index contributed by atoms with van der Waals surface area (Å²) < 4.78 is 18.6. The summed E-state index contributed by atoms with van der Waals surface area (Å²) >= 11 is 1.89. The van der Waals surface area contributed by atoms with E-state index in [2.05, 4.69) is 41.2 Å². The number of hydrogen-bond acceptors (Lipinski definition) is 6. The van der Waals surface area contributed by atoms with Gasteiger partial charge in [0.2, 0.25) is 6.79 Å². The highest BCUT2D eigenvalue weighted by molar-refractivity contribution is 7.99. The van der Waals surface area contributed by atoms with E-state index in [1.807, 2.05) is 41.8 Å². The molecule has 6 nitrogen and oxygen atoms in total. The molecule has 0 saturated heterocycles. The highest BCUT2D eigenvalue weighted by Gasteiger charge is 2.26. The predicted molar refractivity (Wildman–Crippen MR) is 118 cm³/mol. The Hall–Kier alpha value is -2.80. The van der Waals surface area contributed by atoms with Gasteiger partial charge in [-0.2, -0.15) is 5.10 Å². The minimum absolute atomic E-state index is 0.300. The first-order chi connectivity index (χ1) is 14.6. The number of nitrogens with zero attached hydrogens (tertiary/aromatic N) is 3. The van der Waals surface area contributed by atoms with Crippen molar-refractivity contribution in [3.8, 4) is 17.2 Å². The highest BCUT2D eigenvalue weighted by Crippen LogP contribution is 2.48. The molecular formula is C23H25N3O3S. The third-order valence-corrected chi connectivity index (χ3v) is 7.28. The van der Waals surface area contributed by atoms with Crippen LogP contribution in [0.25, 0.3) is 0 Å². The van der Waals surface area contributed by atoms with Crippen molar-refractivity contribution in [2.24, 2.45) is 7.05 Å². The van der Waals surface area contributed by atoms with E-state index >= 15 is 0 Å². The fourth-order valence-electron chi connectivity index (χ4n) is 4.00. The molecule has 1 aromatic heterocycles. The van der Waals surface area contributed by atoms with Crippen molar-refractivity contribution in [3.63, 3.8) is 0 Å². The van der Waals surface area contributed by atoms with Gasteiger partial charge in [0.25, 0.3) is 0 Å². The molecule has 0 unspecified atom stereocenters. The van der Waals surface area contributed by atoms with Crippen molar-refractivity contribution in [3.05, 3.63) is 59.4 Å². The Bertz CT molecular complexity index is 1080. The van der Waals surface area contributed by atoms with Crippen LogP contribution in [0.1, 0.15) is 28.5 Å². The molecule has 0 radical (unpaired) electrons. The molecule has 3 heterocycles. The molecule has 1 atom stereocenters. The van der Waals surface area contributed by atoms with Gasteiger partial charge in [-0.1, -0.05) is 6.07 Å². The number of ether oxygens (including phenoxy) is 3. The minimum Gasteiger partial charge on any atom is -0.497 e. The number of anilines is 1. The van der Waals surface area contributed by atoms with E-state index in [9.17, 15) is 0 Å². The topological polar surface area (TPSA) is 48.8 Å². The predicted octanol–water partition coefficient (Wildman–Crippen LogP) is 4.71. The molecule has 156 valence electrons. The van der Waals surface area contributed by atoms with Crippen molar-refractivity contribution >= 4 is 17.4 Å². The maximum atomic E-state index is 5.61. The highest BCUT2D eigenvalue weighted by atomic mass is 32.2. The van der Waals surface area contributed by atoms with Crippen LogP contribution in [0, 0.1) is 6.92 Å². The number of hydrogen-bond donors (Lipinski definition) is 0. The summed E-state index contributed by atoms with van der Waals surface area (Å²) in [5.74, 6) is 2.55. The van der Waals surface area contributed by atoms with Gasteiger partial charge < -0.3 is 19.1 Å². The summed E-state index contributed by atoms with van der Waals surface area (Å²) in [4.78, 5) is 3.69. The first-order valence-electron chi connectivity index (χ1n) is 10.1. The van der Waals surface area contributed by atoms with E-state index in [1.165, 1.54) is 27.4 Å². The van der Waals surface area contributed by atoms with Gasteiger partial charge in [-0.15, -0.1) is 11.8 Å². The molecule has 2 aliphatic heterocycles. The summed E-state index contributed by atoms with van der Waals surface area (Å²) in [7, 11) is 3.71. The van der Waals surface area contributed by atoms with E-state index in [1.54, 1.807) is 7.11 Å². The van der Waals surface area contributed by atoms with Crippen LogP contribution in [-0.2, 0) is 13.6 Å². The minimum atomic E-state index is 0.300. The molecule has 0 fully saturated rings. The monoisotopic (exact) mass is 423 g/mol. The van der Waals surface area contributed by atoms with Crippen LogP contribution in [0.5, 0.6) is 17.2 Å². The third-order valence-electron chi connectivity index (χ3n) is 5.90. The van der Waals surface area contributed by atoms with E-state index in [4.69, 9.17) is 14.2 Å². The van der Waals surface area contributed by atoms with Gasteiger partial charge >= 0.3 is 0 Å². The Labute approximate surface area is 180 Å². The molecule has 30 heavy (non-hydrogen) atoms. The van der Waals surface area contributed by atoms with Crippen molar-refractivity contribution in [1.82, 2.24) is 9.78 Å². The van der Waals surface area contributed by atoms with Gasteiger partial charge in [0, 0.05) is 41.5 Å². The number of benzene rings is 2. The summed E-state index contributed by atoms with van der Waals surface area (Å²) in [6, 6.07) is 12.7. The molecular weight excluding hydrogens is 398 g/mol. The van der Waals surface area contributed by atoms with Crippen LogP contribution >= 0.6 is 11.8 Å². The number of rotatable bonds is 4. The van der Waals surface area contributed by atoms with E-state index in [-0.39, 0.29) is 0 Å². The lowest BCUT2D eigenvalue weighted by atomic mass is 10.1. The number of thioether (sulfide) groups is 1. The fourth-order valence-corrected chi connectivity index (χ4v) is 5.31. The molecule has 0 saturated carbocycles. The average Bonchev–Trinajstić information content (AvgIpc) is 3.31. The van der Waals surface area contributed by atoms with E-state index < -0.39 is 0 Å². The summed E-state index contributed by atoms with van der Waals surface area (Å²) in [5, 5.41) is 4.75. The van der Waals surface area contributed by atoms with E-state index in [0.717, 1.165) is 36.8 Å². The SMILES string of the molecule is COc1ccc2c(c1)S[C@H](c1ccc3c(c1)OCO3)CCN2Cc1cnn(C)c1C. The van der Waals surface area contributed by atoms with Gasteiger partial charge in [-0.05, 0) is 49.2 Å². The summed E-state index contributed by atoms with van der Waals surface area (Å²) in [6.07, 6.45) is 3.01. The quantitative estimate of drug-likeness (QED) is 0.606. The maximum Gasteiger partial charge on any atom is 0.231 e. The van der Waals surface area contributed by atoms with Gasteiger partial charge in [0.05, 0.1) is 19.0 Å². The summed E-state index contributed by atoms with van der Waals surface area (Å²) in [5.41, 5.74) is 4.96. The lowest BCUT2D eigenvalue weighted by molar-refractivity contribution is 0.174. The number of aromatic nitrogens is 2. The molecule has 0 aliphatic carbocycles. The van der Waals surface area contributed by atoms with Crippen LogP contribution in [0.15, 0.2) is 47.5 Å². The summed E-state index contributed by atoms with van der Waals surface area (Å²) in [6.45, 7) is 4.22. The Morgan fingerprint density at radius 1 is 1.17 bits per heavy atom. The molecule has 0 spiro atoms. The van der Waals surface area contributed by atoms with Crippen molar-refractivity contribution in [2.75, 3.05) is 25.3 Å². The molecule has 2 aliphatic rings. The van der Waals surface area contributed by atoms with Gasteiger partial charge in [0.1, 0.15) is 5.75 Å². The van der Waals surface area contributed by atoms with Gasteiger partial charge in [0.15, 0.2) is 11.5 Å².